The first kappa shape index (κ1) is 14.1. The van der Waals surface area contributed by atoms with Gasteiger partial charge in [0, 0.05) is 0 Å². The van der Waals surface area contributed by atoms with Crippen LogP contribution in [0.2, 0.25) is 0 Å². The van der Waals surface area contributed by atoms with Crippen LogP contribution in [-0.4, -0.2) is 25.9 Å². The molecule has 96 valence electrons. The van der Waals surface area contributed by atoms with Crippen molar-refractivity contribution in [3.63, 3.8) is 0 Å². The van der Waals surface area contributed by atoms with E-state index < -0.39 is 30.0 Å². The quantitative estimate of drug-likeness (QED) is 0.800. The second-order valence-corrected chi connectivity index (χ2v) is 6.28. The van der Waals surface area contributed by atoms with Crippen molar-refractivity contribution in [3.05, 3.63) is 23.8 Å². The first-order chi connectivity index (χ1) is 7.66. The molecule has 0 aromatic heterocycles. The van der Waals surface area contributed by atoms with Gasteiger partial charge in [-0.1, -0.05) is 19.4 Å². The minimum atomic E-state index is -4.51. The van der Waals surface area contributed by atoms with Gasteiger partial charge in [-0.15, -0.1) is 0 Å². The SMILES string of the molecule is CCCc1ccc(S(=O)(=O)O)cc1S(=O)(=O)O. The number of aryl methyl sites for hydroxylation is 1. The van der Waals surface area contributed by atoms with Crippen LogP contribution in [0, 0.1) is 0 Å². The molecule has 0 saturated heterocycles. The summed E-state index contributed by atoms with van der Waals surface area (Å²) in [5, 5.41) is 0. The Kier molecular flexibility index (Phi) is 3.92. The van der Waals surface area contributed by atoms with E-state index in [0.717, 1.165) is 12.1 Å². The van der Waals surface area contributed by atoms with E-state index in [9.17, 15) is 16.8 Å². The molecule has 1 aromatic rings. The van der Waals surface area contributed by atoms with E-state index >= 15 is 0 Å². The van der Waals surface area contributed by atoms with Crippen molar-refractivity contribution in [2.75, 3.05) is 0 Å². The summed E-state index contributed by atoms with van der Waals surface area (Å²) in [5.74, 6) is 0. The standard InChI is InChI=1S/C9H12O6S2/c1-2-3-7-4-5-8(16(10,11)12)6-9(7)17(13,14)15/h4-6H,2-3H2,1H3,(H,10,11,12)(H,13,14,15). The van der Waals surface area contributed by atoms with E-state index in [1.54, 1.807) is 0 Å². The van der Waals surface area contributed by atoms with Crippen molar-refractivity contribution in [2.45, 2.75) is 29.6 Å². The molecule has 0 bridgehead atoms. The molecule has 0 spiro atoms. The van der Waals surface area contributed by atoms with Gasteiger partial charge < -0.3 is 0 Å². The van der Waals surface area contributed by atoms with Crippen LogP contribution in [-0.2, 0) is 26.7 Å². The van der Waals surface area contributed by atoms with Crippen molar-refractivity contribution in [2.24, 2.45) is 0 Å². The number of hydrogen-bond acceptors (Lipinski definition) is 4. The predicted molar refractivity (Wildman–Crippen MR) is 60.1 cm³/mol. The lowest BCUT2D eigenvalue weighted by atomic mass is 10.1. The molecule has 0 radical (unpaired) electrons. The Morgan fingerprint density at radius 2 is 1.65 bits per heavy atom. The molecule has 0 aliphatic heterocycles. The van der Waals surface area contributed by atoms with Gasteiger partial charge in [0.2, 0.25) is 0 Å². The third-order valence-electron chi connectivity index (χ3n) is 2.13. The molecule has 0 aliphatic rings. The average molecular weight is 280 g/mol. The van der Waals surface area contributed by atoms with E-state index in [2.05, 4.69) is 0 Å². The van der Waals surface area contributed by atoms with Crippen molar-refractivity contribution in [1.82, 2.24) is 0 Å². The van der Waals surface area contributed by atoms with Gasteiger partial charge in [-0.05, 0) is 24.1 Å². The average Bonchev–Trinajstić information content (AvgIpc) is 2.15. The highest BCUT2D eigenvalue weighted by atomic mass is 32.2. The molecule has 0 unspecified atom stereocenters. The summed E-state index contributed by atoms with van der Waals surface area (Å²) in [6.45, 7) is 1.81. The fraction of sp³-hybridized carbons (Fsp3) is 0.333. The van der Waals surface area contributed by atoms with Crippen LogP contribution in [0.1, 0.15) is 18.9 Å². The third kappa shape index (κ3) is 3.50. The molecule has 17 heavy (non-hydrogen) atoms. The molecule has 2 N–H and O–H groups in total. The molecule has 0 amide bonds. The summed E-state index contributed by atoms with van der Waals surface area (Å²) in [6.07, 6.45) is 1.01. The Morgan fingerprint density at radius 1 is 1.06 bits per heavy atom. The Balaban J connectivity index is 3.51. The maximum Gasteiger partial charge on any atom is 0.294 e. The van der Waals surface area contributed by atoms with Crippen LogP contribution in [0.15, 0.2) is 28.0 Å². The zero-order chi connectivity index (χ0) is 13.3. The van der Waals surface area contributed by atoms with Gasteiger partial charge in [-0.25, -0.2) is 0 Å². The zero-order valence-corrected chi connectivity index (χ0v) is 10.6. The molecule has 6 nitrogen and oxygen atoms in total. The van der Waals surface area contributed by atoms with Gasteiger partial charge in [0.15, 0.2) is 0 Å². The second-order valence-electron chi connectivity index (χ2n) is 3.47. The lowest BCUT2D eigenvalue weighted by molar-refractivity contribution is 0.480. The van der Waals surface area contributed by atoms with Gasteiger partial charge in [0.05, 0.1) is 9.79 Å². The number of benzene rings is 1. The summed E-state index contributed by atoms with van der Waals surface area (Å²) in [4.78, 5) is -1.06. The Bertz CT molecular complexity index is 615. The van der Waals surface area contributed by atoms with Crippen LogP contribution in [0.25, 0.3) is 0 Å². The van der Waals surface area contributed by atoms with Crippen LogP contribution in [0.5, 0.6) is 0 Å². The zero-order valence-electron chi connectivity index (χ0n) is 8.99. The molecule has 0 heterocycles. The van der Waals surface area contributed by atoms with E-state index in [1.807, 2.05) is 6.92 Å². The molecule has 0 fully saturated rings. The lowest BCUT2D eigenvalue weighted by Gasteiger charge is -2.07. The Morgan fingerprint density at radius 3 is 2.06 bits per heavy atom. The summed E-state index contributed by atoms with van der Waals surface area (Å²) >= 11 is 0. The van der Waals surface area contributed by atoms with Gasteiger partial charge in [-0.3, -0.25) is 9.11 Å². The molecule has 1 aromatic carbocycles. The van der Waals surface area contributed by atoms with Crippen molar-refractivity contribution in [1.29, 1.82) is 0 Å². The number of hydrogen-bond donors (Lipinski definition) is 2. The van der Waals surface area contributed by atoms with Crippen molar-refractivity contribution in [3.8, 4) is 0 Å². The molecule has 0 saturated carbocycles. The van der Waals surface area contributed by atoms with E-state index in [4.69, 9.17) is 9.11 Å². The molecular formula is C9H12O6S2. The first-order valence-corrected chi connectivity index (χ1v) is 7.62. The highest BCUT2D eigenvalue weighted by Gasteiger charge is 2.19. The normalized spacial score (nSPS) is 12.6. The monoisotopic (exact) mass is 280 g/mol. The van der Waals surface area contributed by atoms with Crippen molar-refractivity contribution < 1.29 is 25.9 Å². The number of rotatable bonds is 4. The summed E-state index contributed by atoms with van der Waals surface area (Å²) in [5.41, 5.74) is 0.308. The van der Waals surface area contributed by atoms with Crippen molar-refractivity contribution >= 4 is 20.2 Å². The summed E-state index contributed by atoms with van der Waals surface area (Å²) in [6, 6.07) is 3.10. The van der Waals surface area contributed by atoms with Crippen LogP contribution >= 0.6 is 0 Å². The van der Waals surface area contributed by atoms with E-state index in [-0.39, 0.29) is 0 Å². The van der Waals surface area contributed by atoms with Gasteiger partial charge in [0.1, 0.15) is 0 Å². The smallest absolute Gasteiger partial charge is 0.282 e. The van der Waals surface area contributed by atoms with Gasteiger partial charge in [-0.2, -0.15) is 16.8 Å². The molecule has 0 aliphatic carbocycles. The highest BCUT2D eigenvalue weighted by Crippen LogP contribution is 2.21. The van der Waals surface area contributed by atoms with Crippen LogP contribution in [0.3, 0.4) is 0 Å². The maximum absolute atomic E-state index is 11.1. The molecule has 0 atom stereocenters. The summed E-state index contributed by atoms with van der Waals surface area (Å²) in [7, 11) is -9.01. The van der Waals surface area contributed by atoms with E-state index in [0.29, 0.717) is 18.4 Å². The Hall–Kier alpha value is -0.960. The highest BCUT2D eigenvalue weighted by molar-refractivity contribution is 7.86. The van der Waals surface area contributed by atoms with Crippen LogP contribution in [0.4, 0.5) is 0 Å². The van der Waals surface area contributed by atoms with Crippen LogP contribution < -0.4 is 0 Å². The third-order valence-corrected chi connectivity index (χ3v) is 3.92. The molecule has 8 heteroatoms. The van der Waals surface area contributed by atoms with E-state index in [1.165, 1.54) is 6.07 Å². The van der Waals surface area contributed by atoms with Gasteiger partial charge >= 0.3 is 0 Å². The van der Waals surface area contributed by atoms with Gasteiger partial charge in [0.25, 0.3) is 20.2 Å². The lowest BCUT2D eigenvalue weighted by Crippen LogP contribution is -2.06. The largest absolute Gasteiger partial charge is 0.294 e. The second kappa shape index (κ2) is 4.73. The molecule has 1 rings (SSSR count). The molecular weight excluding hydrogens is 268 g/mol. The fourth-order valence-electron chi connectivity index (χ4n) is 1.41. The maximum atomic E-state index is 11.1. The predicted octanol–water partition coefficient (Wildman–Crippen LogP) is 1.13. The fourth-order valence-corrected chi connectivity index (χ4v) is 2.77. The topological polar surface area (TPSA) is 109 Å². The minimum Gasteiger partial charge on any atom is -0.282 e. The Labute approximate surface area is 99.8 Å². The first-order valence-electron chi connectivity index (χ1n) is 4.74. The summed E-state index contributed by atoms with van der Waals surface area (Å²) < 4.78 is 61.7. The minimum absolute atomic E-state index is 0.308.